The summed E-state index contributed by atoms with van der Waals surface area (Å²) < 4.78 is 0. The zero-order valence-corrected chi connectivity index (χ0v) is 11.0. The number of hydrogen-bond donors (Lipinski definition) is 1. The lowest BCUT2D eigenvalue weighted by Crippen LogP contribution is -2.41. The summed E-state index contributed by atoms with van der Waals surface area (Å²) in [6, 6.07) is 0.561. The molecule has 1 rings (SSSR count). The summed E-state index contributed by atoms with van der Waals surface area (Å²) in [6.07, 6.45) is 4.97. The molecule has 1 aliphatic rings. The van der Waals surface area contributed by atoms with Crippen LogP contribution >= 0.6 is 0 Å². The third-order valence-electron chi connectivity index (χ3n) is 3.79. The first kappa shape index (κ1) is 13.5. The fourth-order valence-corrected chi connectivity index (χ4v) is 2.69. The summed E-state index contributed by atoms with van der Waals surface area (Å²) in [6.45, 7) is 7.07. The van der Waals surface area contributed by atoms with E-state index in [1.54, 1.807) is 6.92 Å². The van der Waals surface area contributed by atoms with E-state index in [-0.39, 0.29) is 5.92 Å². The van der Waals surface area contributed by atoms with E-state index in [1.807, 2.05) is 0 Å². The average molecular weight is 227 g/mol. The van der Waals surface area contributed by atoms with Gasteiger partial charge in [0.25, 0.3) is 0 Å². The van der Waals surface area contributed by atoms with E-state index in [9.17, 15) is 4.79 Å². The van der Waals surface area contributed by atoms with Crippen molar-refractivity contribution in [1.29, 1.82) is 0 Å². The predicted molar refractivity (Wildman–Crippen MR) is 65.5 cm³/mol. The van der Waals surface area contributed by atoms with E-state index in [0.29, 0.717) is 18.0 Å². The minimum atomic E-state index is -0.693. The maximum atomic E-state index is 10.8. The van der Waals surface area contributed by atoms with Crippen molar-refractivity contribution in [2.24, 2.45) is 11.3 Å². The Kier molecular flexibility index (Phi) is 4.36. The molecule has 1 aliphatic carbocycles. The molecule has 2 unspecified atom stereocenters. The van der Waals surface area contributed by atoms with Crippen molar-refractivity contribution in [2.45, 2.75) is 52.5 Å². The van der Waals surface area contributed by atoms with Gasteiger partial charge in [-0.15, -0.1) is 0 Å². The summed E-state index contributed by atoms with van der Waals surface area (Å²) in [5, 5.41) is 8.91. The van der Waals surface area contributed by atoms with E-state index in [0.717, 1.165) is 0 Å². The Labute approximate surface area is 98.8 Å². The van der Waals surface area contributed by atoms with Crippen molar-refractivity contribution in [3.63, 3.8) is 0 Å². The normalized spacial score (nSPS) is 26.7. The standard InChI is InChI=1S/C13H25NO2/c1-10(12(15)16)9-14(4)11-6-5-7-13(2,3)8-11/h10-11H,5-9H2,1-4H3,(H,15,16). The molecule has 1 fully saturated rings. The Hall–Kier alpha value is -0.570. The molecular formula is C13H25NO2. The highest BCUT2D eigenvalue weighted by atomic mass is 16.4. The van der Waals surface area contributed by atoms with E-state index in [2.05, 4.69) is 25.8 Å². The van der Waals surface area contributed by atoms with Gasteiger partial charge in [-0.05, 0) is 31.7 Å². The molecule has 0 aromatic rings. The van der Waals surface area contributed by atoms with Crippen molar-refractivity contribution in [3.8, 4) is 0 Å². The topological polar surface area (TPSA) is 40.5 Å². The van der Waals surface area contributed by atoms with Crippen LogP contribution in [-0.4, -0.2) is 35.6 Å². The first-order chi connectivity index (χ1) is 7.32. The largest absolute Gasteiger partial charge is 0.481 e. The zero-order valence-electron chi connectivity index (χ0n) is 11.0. The molecule has 0 heterocycles. The molecule has 2 atom stereocenters. The lowest BCUT2D eigenvalue weighted by molar-refractivity contribution is -0.141. The van der Waals surface area contributed by atoms with Crippen LogP contribution in [0.25, 0.3) is 0 Å². The second kappa shape index (κ2) is 5.17. The number of carboxylic acid groups (broad SMARTS) is 1. The summed E-state index contributed by atoms with van der Waals surface area (Å²) in [5.41, 5.74) is 0.420. The Bertz CT molecular complexity index is 250. The van der Waals surface area contributed by atoms with Gasteiger partial charge in [-0.2, -0.15) is 0 Å². The number of carboxylic acids is 1. The predicted octanol–water partition coefficient (Wildman–Crippen LogP) is 2.61. The van der Waals surface area contributed by atoms with Crippen LogP contribution in [0, 0.1) is 11.3 Å². The molecule has 16 heavy (non-hydrogen) atoms. The number of nitrogens with zero attached hydrogens (tertiary/aromatic N) is 1. The molecule has 94 valence electrons. The molecule has 0 radical (unpaired) electrons. The summed E-state index contributed by atoms with van der Waals surface area (Å²) in [4.78, 5) is 13.1. The third kappa shape index (κ3) is 3.78. The number of aliphatic carboxylic acids is 1. The summed E-state index contributed by atoms with van der Waals surface area (Å²) in [5.74, 6) is -0.961. The van der Waals surface area contributed by atoms with Gasteiger partial charge >= 0.3 is 5.97 Å². The van der Waals surface area contributed by atoms with E-state index < -0.39 is 5.97 Å². The van der Waals surface area contributed by atoms with Crippen LogP contribution < -0.4 is 0 Å². The molecule has 0 aromatic heterocycles. The van der Waals surface area contributed by atoms with E-state index >= 15 is 0 Å². The highest BCUT2D eigenvalue weighted by Gasteiger charge is 2.30. The van der Waals surface area contributed by atoms with E-state index in [1.165, 1.54) is 25.7 Å². The number of hydrogen-bond acceptors (Lipinski definition) is 2. The molecule has 0 saturated heterocycles. The second-order valence-corrected chi connectivity index (χ2v) is 6.09. The fraction of sp³-hybridized carbons (Fsp3) is 0.923. The van der Waals surface area contributed by atoms with Gasteiger partial charge in [0.15, 0.2) is 0 Å². The molecule has 1 N–H and O–H groups in total. The maximum Gasteiger partial charge on any atom is 0.307 e. The monoisotopic (exact) mass is 227 g/mol. The van der Waals surface area contributed by atoms with Gasteiger partial charge in [-0.25, -0.2) is 0 Å². The SMILES string of the molecule is CC(CN(C)C1CCCC(C)(C)C1)C(=O)O. The molecule has 0 aliphatic heterocycles. The van der Waals surface area contributed by atoms with Crippen LogP contribution in [0.15, 0.2) is 0 Å². The Balaban J connectivity index is 2.47. The minimum Gasteiger partial charge on any atom is -0.481 e. The number of carbonyl (C=O) groups is 1. The smallest absolute Gasteiger partial charge is 0.307 e. The van der Waals surface area contributed by atoms with Crippen LogP contribution in [0.2, 0.25) is 0 Å². The first-order valence-electron chi connectivity index (χ1n) is 6.25. The Morgan fingerprint density at radius 3 is 2.69 bits per heavy atom. The van der Waals surface area contributed by atoms with Crippen molar-refractivity contribution in [3.05, 3.63) is 0 Å². The van der Waals surface area contributed by atoms with Gasteiger partial charge in [-0.1, -0.05) is 27.2 Å². The van der Waals surface area contributed by atoms with Crippen molar-refractivity contribution < 1.29 is 9.90 Å². The van der Waals surface area contributed by atoms with E-state index in [4.69, 9.17) is 5.11 Å². The molecule has 0 amide bonds. The lowest BCUT2D eigenvalue weighted by atomic mass is 9.74. The molecular weight excluding hydrogens is 202 g/mol. The van der Waals surface area contributed by atoms with Crippen LogP contribution in [0.5, 0.6) is 0 Å². The van der Waals surface area contributed by atoms with Crippen molar-refractivity contribution in [2.75, 3.05) is 13.6 Å². The first-order valence-corrected chi connectivity index (χ1v) is 6.25. The van der Waals surface area contributed by atoms with Crippen LogP contribution in [0.3, 0.4) is 0 Å². The van der Waals surface area contributed by atoms with Crippen LogP contribution in [-0.2, 0) is 4.79 Å². The van der Waals surface area contributed by atoms with Crippen LogP contribution in [0.1, 0.15) is 46.5 Å². The highest BCUT2D eigenvalue weighted by molar-refractivity contribution is 5.69. The second-order valence-electron chi connectivity index (χ2n) is 6.09. The van der Waals surface area contributed by atoms with Crippen molar-refractivity contribution in [1.82, 2.24) is 4.90 Å². The van der Waals surface area contributed by atoms with Crippen molar-refractivity contribution >= 4 is 5.97 Å². The summed E-state index contributed by atoms with van der Waals surface area (Å²) >= 11 is 0. The molecule has 1 saturated carbocycles. The Morgan fingerprint density at radius 2 is 2.19 bits per heavy atom. The van der Waals surface area contributed by atoms with Gasteiger partial charge in [0.2, 0.25) is 0 Å². The van der Waals surface area contributed by atoms with Gasteiger partial charge < -0.3 is 10.0 Å². The van der Waals surface area contributed by atoms with Gasteiger partial charge in [0.1, 0.15) is 0 Å². The average Bonchev–Trinajstić information content (AvgIpc) is 2.15. The highest BCUT2D eigenvalue weighted by Crippen LogP contribution is 2.37. The number of rotatable bonds is 4. The molecule has 3 heteroatoms. The third-order valence-corrected chi connectivity index (χ3v) is 3.79. The van der Waals surface area contributed by atoms with Gasteiger partial charge in [-0.3, -0.25) is 4.79 Å². The van der Waals surface area contributed by atoms with Crippen LogP contribution in [0.4, 0.5) is 0 Å². The summed E-state index contributed by atoms with van der Waals surface area (Å²) in [7, 11) is 2.06. The Morgan fingerprint density at radius 1 is 1.56 bits per heavy atom. The van der Waals surface area contributed by atoms with Gasteiger partial charge in [0.05, 0.1) is 5.92 Å². The quantitative estimate of drug-likeness (QED) is 0.802. The molecule has 0 bridgehead atoms. The van der Waals surface area contributed by atoms with Gasteiger partial charge in [0, 0.05) is 12.6 Å². The molecule has 3 nitrogen and oxygen atoms in total. The molecule has 0 spiro atoms. The fourth-order valence-electron chi connectivity index (χ4n) is 2.69. The molecule has 0 aromatic carbocycles. The lowest BCUT2D eigenvalue weighted by Gasteiger charge is -2.40. The minimum absolute atomic E-state index is 0.268. The maximum absolute atomic E-state index is 10.8. The zero-order chi connectivity index (χ0) is 12.3.